The first kappa shape index (κ1) is 84.2. The highest BCUT2D eigenvalue weighted by molar-refractivity contribution is 7.98. The molecule has 107 heavy (non-hydrogen) atoms. The minimum atomic E-state index is -1.66. The standard InChI is InChI=1S/C62H90N28O15S2/c1-32(61(104)105)81-54(97)41(7-10-107-3)85-60(103)48(25-91)83-50(93)24-74-53(96)42(11-33-17-66-26-75-33)86-56(99)44(13-35-19-68-28-77-35)88-58(101)46(15-37-21-70-30-79-37)90-59(102)47(16-38-22-71-31-80-38)89-57(100)45(14-36-20-69-29-78-36)87-55(98)43(12-34-18-67-27-76-34)82-49(92)23-73-52(95)40(5-4-8-72-62(64)65)84-51(94)39(63)6-9-106-2/h17-22,26-32,39-48,91H,4-16,23-25,63H2,1-3H3,(H,66,75)(H,67,76)(H,68,77)(H,69,78)(H,70,79)(H,71,80)(H,73,95)(H,74,96)(H,81,97)(H,82,92)(H,83,93)(H,84,94)(H,85,103)(H,86,99)(H,87,98)(H,88,101)(H,89,100)(H,90,102)(H,104,105)(H4,64,65,72)/t32-,39-,40-,41-,42-,43-,44-,45-,46-,47-,48-/m0/s1. The topological polar surface area (TPSA) is 667 Å². The Hall–Kier alpha value is -11.7. The number of H-pyrrole nitrogens is 6. The normalized spacial score (nSPS) is 14.1. The molecule has 0 aliphatic heterocycles. The van der Waals surface area contributed by atoms with Crippen molar-refractivity contribution >= 4 is 106 Å². The Labute approximate surface area is 619 Å². The molecule has 0 saturated carbocycles. The fourth-order valence-electron chi connectivity index (χ4n) is 10.2. The number of aliphatic hydroxyl groups is 1. The third-order valence-corrected chi connectivity index (χ3v) is 17.2. The van der Waals surface area contributed by atoms with Gasteiger partial charge in [0.1, 0.15) is 60.4 Å². The van der Waals surface area contributed by atoms with E-state index in [1.165, 1.54) is 106 Å². The molecule has 0 aromatic carbocycles. The largest absolute Gasteiger partial charge is 0.480 e. The van der Waals surface area contributed by atoms with Crippen molar-refractivity contribution in [1.82, 2.24) is 129 Å². The molecule has 11 atom stereocenters. The minimum absolute atomic E-state index is 0.0450. The van der Waals surface area contributed by atoms with Crippen LogP contribution in [0.15, 0.2) is 75.1 Å². The van der Waals surface area contributed by atoms with Crippen molar-refractivity contribution in [2.24, 2.45) is 11.5 Å². The number of imidazole rings is 6. The number of thioether (sulfide) groups is 2. The summed E-state index contributed by atoms with van der Waals surface area (Å²) in [7, 11) is 0. The van der Waals surface area contributed by atoms with Gasteiger partial charge >= 0.3 is 5.97 Å². The van der Waals surface area contributed by atoms with Gasteiger partial charge < -0.3 is 121 Å². The Morgan fingerprint density at radius 2 is 0.701 bits per heavy atom. The number of amides is 12. The Balaban J connectivity index is 1.19. The van der Waals surface area contributed by atoms with Crippen molar-refractivity contribution in [1.29, 1.82) is 5.41 Å². The zero-order valence-corrected chi connectivity index (χ0v) is 60.1. The maximum atomic E-state index is 15.0. The molecule has 6 aromatic rings. The first-order valence-corrected chi connectivity index (χ1v) is 36.2. The van der Waals surface area contributed by atoms with Crippen molar-refractivity contribution in [3.63, 3.8) is 0 Å². The molecule has 6 aromatic heterocycles. The molecule has 0 spiro atoms. The highest BCUT2D eigenvalue weighted by Gasteiger charge is 2.37. The molecule has 6 rings (SSSR count). The lowest BCUT2D eigenvalue weighted by atomic mass is 10.0. The van der Waals surface area contributed by atoms with Gasteiger partial charge in [-0.15, -0.1) is 0 Å². The van der Waals surface area contributed by atoms with E-state index in [0.717, 1.165) is 0 Å². The van der Waals surface area contributed by atoms with E-state index in [4.69, 9.17) is 16.9 Å². The molecule has 580 valence electrons. The van der Waals surface area contributed by atoms with Gasteiger partial charge in [0.15, 0.2) is 5.96 Å². The van der Waals surface area contributed by atoms with Crippen LogP contribution in [0.2, 0.25) is 0 Å². The third kappa shape index (κ3) is 29.4. The molecule has 6 heterocycles. The Bertz CT molecular complexity index is 3830. The maximum absolute atomic E-state index is 15.0. The predicted octanol–water partition coefficient (Wildman–Crippen LogP) is -7.94. The number of aliphatic carboxylic acids is 1. The van der Waals surface area contributed by atoms with Gasteiger partial charge in [0.2, 0.25) is 70.9 Å². The summed E-state index contributed by atoms with van der Waals surface area (Å²) in [4.78, 5) is 221. The number of aromatic amines is 6. The molecule has 0 unspecified atom stereocenters. The molecule has 0 fully saturated rings. The van der Waals surface area contributed by atoms with Crippen molar-refractivity contribution < 1.29 is 72.5 Å². The highest BCUT2D eigenvalue weighted by Crippen LogP contribution is 2.12. The minimum Gasteiger partial charge on any atom is -0.480 e. The second kappa shape index (κ2) is 44.2. The van der Waals surface area contributed by atoms with Crippen LogP contribution >= 0.6 is 23.5 Å². The van der Waals surface area contributed by atoms with Crippen molar-refractivity contribution in [2.45, 2.75) is 138 Å². The number of carbonyl (C=O) groups excluding carboxylic acids is 12. The lowest BCUT2D eigenvalue weighted by Gasteiger charge is -2.27. The summed E-state index contributed by atoms with van der Waals surface area (Å²) < 4.78 is 0. The number of carboxylic acids is 1. The number of rotatable bonds is 48. The average Bonchev–Trinajstić information content (AvgIpc) is 1.64. The van der Waals surface area contributed by atoms with Crippen LogP contribution in [-0.4, -0.2) is 270 Å². The Kier molecular flexibility index (Phi) is 34.7. The summed E-state index contributed by atoms with van der Waals surface area (Å²) in [5.41, 5.74) is 13.0. The van der Waals surface area contributed by atoms with Crippen LogP contribution in [0.3, 0.4) is 0 Å². The number of nitrogens with two attached hydrogens (primary N) is 2. The zero-order valence-electron chi connectivity index (χ0n) is 58.4. The molecule has 26 N–H and O–H groups in total. The summed E-state index contributed by atoms with van der Waals surface area (Å²) in [5, 5.41) is 59.7. The van der Waals surface area contributed by atoms with Crippen LogP contribution in [0.1, 0.15) is 66.8 Å². The van der Waals surface area contributed by atoms with Gasteiger partial charge in [-0.25, -0.2) is 29.9 Å². The number of nitrogens with one attached hydrogen (secondary N) is 20. The fraction of sp³-hybridized carbons (Fsp3) is 0.484. The predicted molar refractivity (Wildman–Crippen MR) is 383 cm³/mol. The van der Waals surface area contributed by atoms with Crippen LogP contribution in [0.5, 0.6) is 0 Å². The van der Waals surface area contributed by atoms with E-state index in [1.807, 2.05) is 6.26 Å². The number of carboxylic acid groups (broad SMARTS) is 1. The number of aromatic nitrogens is 12. The Morgan fingerprint density at radius 1 is 0.411 bits per heavy atom. The van der Waals surface area contributed by atoms with Gasteiger partial charge in [-0.05, 0) is 56.6 Å². The van der Waals surface area contributed by atoms with Crippen LogP contribution in [0.25, 0.3) is 0 Å². The highest BCUT2D eigenvalue weighted by atomic mass is 32.2. The summed E-state index contributed by atoms with van der Waals surface area (Å²) in [5.74, 6) is -11.7. The van der Waals surface area contributed by atoms with E-state index < -0.39 is 163 Å². The first-order valence-electron chi connectivity index (χ1n) is 33.4. The first-order chi connectivity index (χ1) is 51.3. The second-order valence-corrected chi connectivity index (χ2v) is 26.1. The number of guanidine groups is 1. The van der Waals surface area contributed by atoms with Gasteiger partial charge in [-0.3, -0.25) is 67.7 Å². The number of hydrogen-bond donors (Lipinski definition) is 24. The lowest BCUT2D eigenvalue weighted by Crippen LogP contribution is -2.61. The van der Waals surface area contributed by atoms with Crippen molar-refractivity contribution in [3.8, 4) is 0 Å². The molecular weight excluding hydrogens is 1440 g/mol. The molecule has 12 amide bonds. The number of nitrogens with zero attached hydrogens (tertiary/aromatic N) is 6. The number of hydrogen-bond acceptors (Lipinski definition) is 24. The van der Waals surface area contributed by atoms with E-state index in [2.05, 4.69) is 129 Å². The van der Waals surface area contributed by atoms with Crippen LogP contribution in [0, 0.1) is 5.41 Å². The van der Waals surface area contributed by atoms with Gasteiger partial charge in [-0.2, -0.15) is 23.5 Å². The molecule has 0 bridgehead atoms. The smallest absolute Gasteiger partial charge is 0.325 e. The average molecular weight is 1530 g/mol. The molecule has 0 saturated heterocycles. The van der Waals surface area contributed by atoms with Gasteiger partial charge in [-0.1, -0.05) is 0 Å². The summed E-state index contributed by atoms with van der Waals surface area (Å²) in [6.07, 6.45) is 18.8. The molecule has 0 aliphatic rings. The van der Waals surface area contributed by atoms with Crippen LogP contribution in [-0.2, 0) is 101 Å². The van der Waals surface area contributed by atoms with Gasteiger partial charge in [0.05, 0.1) is 97.9 Å². The fourth-order valence-corrected chi connectivity index (χ4v) is 11.1. The van der Waals surface area contributed by atoms with Crippen LogP contribution < -0.4 is 80.6 Å². The van der Waals surface area contributed by atoms with E-state index in [1.54, 1.807) is 6.26 Å². The second-order valence-electron chi connectivity index (χ2n) is 24.1. The maximum Gasteiger partial charge on any atom is 0.325 e. The molecular formula is C62H90N28O15S2. The molecule has 45 heteroatoms. The monoisotopic (exact) mass is 1530 g/mol. The van der Waals surface area contributed by atoms with E-state index >= 15 is 0 Å². The summed E-state index contributed by atoms with van der Waals surface area (Å²) in [6.45, 7) is -1.12. The van der Waals surface area contributed by atoms with Crippen molar-refractivity contribution in [2.75, 3.05) is 50.3 Å². The Morgan fingerprint density at radius 3 is 1.03 bits per heavy atom. The molecule has 0 aliphatic carbocycles. The van der Waals surface area contributed by atoms with Gasteiger partial charge in [0.25, 0.3) is 0 Å². The molecule has 0 radical (unpaired) electrons. The van der Waals surface area contributed by atoms with Crippen LogP contribution in [0.4, 0.5) is 0 Å². The lowest BCUT2D eigenvalue weighted by molar-refractivity contribution is -0.142. The summed E-state index contributed by atoms with van der Waals surface area (Å²) in [6, 6.07) is -15.8. The number of aliphatic hydroxyl groups excluding tert-OH is 1. The van der Waals surface area contributed by atoms with Crippen molar-refractivity contribution in [3.05, 3.63) is 109 Å². The zero-order chi connectivity index (χ0) is 77.8. The van der Waals surface area contributed by atoms with E-state index in [0.29, 0.717) is 17.9 Å². The SMILES string of the molecule is CSCC[C@H](NC(=O)[C@H](CO)NC(=O)CNC(=O)[C@H](Cc1c[nH]cn1)NC(=O)[C@H](Cc1c[nH]cn1)NC(=O)[C@H](Cc1c[nH]cn1)NC(=O)[C@H](Cc1c[nH]cn1)NC(=O)[C@H](Cc1c[nH]cn1)NC(=O)[C@H](Cc1c[nH]cn1)NC(=O)CNC(=O)[C@H](CCCNC(=N)N)NC(=O)[C@@H](N)CCSC)C(=O)N[C@@H](C)C(=O)O. The van der Waals surface area contributed by atoms with E-state index in [9.17, 15) is 72.5 Å². The van der Waals surface area contributed by atoms with Gasteiger partial charge in [0, 0.05) is 82.3 Å². The summed E-state index contributed by atoms with van der Waals surface area (Å²) >= 11 is 2.81. The quantitative estimate of drug-likeness (QED) is 0.00958. The van der Waals surface area contributed by atoms with E-state index in [-0.39, 0.29) is 104 Å². The third-order valence-electron chi connectivity index (χ3n) is 15.9. The molecule has 43 nitrogen and oxygen atoms in total. The number of carbonyl (C=O) groups is 13.